The molecule has 2 aliphatic rings. The molecule has 1 amide bonds. The SMILES string of the molecule is O=C(c1sccc1Br)N(C1CCCC1)C1CCCC1. The monoisotopic (exact) mass is 341 g/mol. The Kier molecular flexibility index (Phi) is 4.27. The van der Waals surface area contributed by atoms with Crippen molar-refractivity contribution in [3.05, 3.63) is 20.8 Å². The fraction of sp³-hybridized carbons (Fsp3) is 0.667. The second kappa shape index (κ2) is 5.96. The van der Waals surface area contributed by atoms with Crippen molar-refractivity contribution in [2.24, 2.45) is 0 Å². The molecule has 4 heteroatoms. The molecule has 2 saturated carbocycles. The van der Waals surface area contributed by atoms with Crippen LogP contribution in [0.5, 0.6) is 0 Å². The molecule has 3 rings (SSSR count). The maximum Gasteiger partial charge on any atom is 0.265 e. The quantitative estimate of drug-likeness (QED) is 0.770. The van der Waals surface area contributed by atoms with Gasteiger partial charge in [0, 0.05) is 16.6 Å². The summed E-state index contributed by atoms with van der Waals surface area (Å²) in [5.74, 6) is 0.265. The smallest absolute Gasteiger partial charge is 0.265 e. The number of carbonyl (C=O) groups is 1. The highest BCUT2D eigenvalue weighted by molar-refractivity contribution is 9.10. The van der Waals surface area contributed by atoms with Crippen molar-refractivity contribution in [2.75, 3.05) is 0 Å². The third-order valence-electron chi connectivity index (χ3n) is 4.48. The van der Waals surface area contributed by atoms with Crippen LogP contribution in [0.1, 0.15) is 61.0 Å². The van der Waals surface area contributed by atoms with Crippen molar-refractivity contribution in [1.29, 1.82) is 0 Å². The maximum atomic E-state index is 12.9. The van der Waals surface area contributed by atoms with Crippen LogP contribution in [0.15, 0.2) is 15.9 Å². The summed E-state index contributed by atoms with van der Waals surface area (Å²) in [5, 5.41) is 2.00. The van der Waals surface area contributed by atoms with Gasteiger partial charge in [-0.1, -0.05) is 25.7 Å². The summed E-state index contributed by atoms with van der Waals surface area (Å²) in [4.78, 5) is 16.0. The predicted molar refractivity (Wildman–Crippen MR) is 82.7 cm³/mol. The fourth-order valence-corrected chi connectivity index (χ4v) is 5.04. The molecule has 19 heavy (non-hydrogen) atoms. The van der Waals surface area contributed by atoms with Crippen LogP contribution in [0.3, 0.4) is 0 Å². The van der Waals surface area contributed by atoms with Crippen LogP contribution in [0.4, 0.5) is 0 Å². The van der Waals surface area contributed by atoms with Crippen LogP contribution in [-0.2, 0) is 0 Å². The zero-order chi connectivity index (χ0) is 13.2. The highest BCUT2D eigenvalue weighted by Gasteiger charge is 2.35. The summed E-state index contributed by atoms with van der Waals surface area (Å²) >= 11 is 5.08. The van der Waals surface area contributed by atoms with Gasteiger partial charge in [-0.15, -0.1) is 11.3 Å². The first-order valence-electron chi connectivity index (χ1n) is 7.33. The van der Waals surface area contributed by atoms with E-state index in [1.165, 1.54) is 51.4 Å². The Balaban J connectivity index is 1.85. The van der Waals surface area contributed by atoms with E-state index in [0.717, 1.165) is 9.35 Å². The number of amides is 1. The Morgan fingerprint density at radius 1 is 1.11 bits per heavy atom. The topological polar surface area (TPSA) is 20.3 Å². The van der Waals surface area contributed by atoms with Gasteiger partial charge in [-0.3, -0.25) is 4.79 Å². The summed E-state index contributed by atoms with van der Waals surface area (Å²) in [6.07, 6.45) is 9.94. The second-order valence-electron chi connectivity index (χ2n) is 5.69. The van der Waals surface area contributed by atoms with Gasteiger partial charge in [0.2, 0.25) is 0 Å². The van der Waals surface area contributed by atoms with E-state index < -0.39 is 0 Å². The molecular formula is C15H20BrNOS. The van der Waals surface area contributed by atoms with Crippen molar-refractivity contribution in [3.8, 4) is 0 Å². The molecule has 0 saturated heterocycles. The minimum Gasteiger partial charge on any atom is -0.332 e. The molecule has 2 fully saturated rings. The highest BCUT2D eigenvalue weighted by atomic mass is 79.9. The van der Waals surface area contributed by atoms with E-state index in [4.69, 9.17) is 0 Å². The lowest BCUT2D eigenvalue weighted by Crippen LogP contribution is -2.45. The summed E-state index contributed by atoms with van der Waals surface area (Å²) in [6, 6.07) is 2.97. The molecule has 104 valence electrons. The van der Waals surface area contributed by atoms with Gasteiger partial charge in [-0.05, 0) is 53.1 Å². The summed E-state index contributed by atoms with van der Waals surface area (Å²) in [7, 11) is 0. The molecule has 0 N–H and O–H groups in total. The van der Waals surface area contributed by atoms with Crippen molar-refractivity contribution < 1.29 is 4.79 Å². The van der Waals surface area contributed by atoms with Crippen LogP contribution in [0.25, 0.3) is 0 Å². The van der Waals surface area contributed by atoms with Crippen LogP contribution >= 0.6 is 27.3 Å². The van der Waals surface area contributed by atoms with Gasteiger partial charge < -0.3 is 4.90 Å². The zero-order valence-electron chi connectivity index (χ0n) is 11.1. The van der Waals surface area contributed by atoms with E-state index in [1.807, 2.05) is 11.4 Å². The Bertz CT molecular complexity index is 431. The van der Waals surface area contributed by atoms with Gasteiger partial charge in [0.05, 0.1) is 0 Å². The highest BCUT2D eigenvalue weighted by Crippen LogP contribution is 2.35. The maximum absolute atomic E-state index is 12.9. The Morgan fingerprint density at radius 3 is 2.05 bits per heavy atom. The lowest BCUT2D eigenvalue weighted by Gasteiger charge is -2.34. The molecule has 1 heterocycles. The number of thiophene rings is 1. The van der Waals surface area contributed by atoms with Gasteiger partial charge in [-0.2, -0.15) is 0 Å². The molecule has 1 aromatic rings. The first kappa shape index (κ1) is 13.6. The molecule has 0 bridgehead atoms. The molecule has 0 aliphatic heterocycles. The van der Waals surface area contributed by atoms with Gasteiger partial charge >= 0.3 is 0 Å². The van der Waals surface area contributed by atoms with Gasteiger partial charge in [-0.25, -0.2) is 0 Å². The molecule has 1 aromatic heterocycles. The standard InChI is InChI=1S/C15H20BrNOS/c16-13-9-10-19-14(13)15(18)17(11-5-1-2-6-11)12-7-3-4-8-12/h9-12H,1-8H2. The molecule has 0 radical (unpaired) electrons. The average Bonchev–Trinajstić information content (AvgIpc) is 3.10. The summed E-state index contributed by atoms with van der Waals surface area (Å²) in [5.41, 5.74) is 0. The van der Waals surface area contributed by atoms with E-state index in [0.29, 0.717) is 12.1 Å². The summed E-state index contributed by atoms with van der Waals surface area (Å²) < 4.78 is 0.962. The summed E-state index contributed by atoms with van der Waals surface area (Å²) in [6.45, 7) is 0. The van der Waals surface area contributed by atoms with Crippen LogP contribution in [-0.4, -0.2) is 22.9 Å². The third kappa shape index (κ3) is 2.75. The predicted octanol–water partition coefficient (Wildman–Crippen LogP) is 4.84. The molecule has 0 unspecified atom stereocenters. The van der Waals surface area contributed by atoms with E-state index in [9.17, 15) is 4.79 Å². The minimum atomic E-state index is 0.265. The molecule has 0 atom stereocenters. The third-order valence-corrected chi connectivity index (χ3v) is 6.31. The van der Waals surface area contributed by atoms with Crippen molar-refractivity contribution >= 4 is 33.2 Å². The number of rotatable bonds is 3. The van der Waals surface area contributed by atoms with Crippen molar-refractivity contribution in [1.82, 2.24) is 4.90 Å². The van der Waals surface area contributed by atoms with Crippen LogP contribution in [0, 0.1) is 0 Å². The minimum absolute atomic E-state index is 0.265. The van der Waals surface area contributed by atoms with Gasteiger partial charge in [0.25, 0.3) is 5.91 Å². The molecule has 0 aromatic carbocycles. The normalized spacial score (nSPS) is 21.1. The molecular weight excluding hydrogens is 322 g/mol. The largest absolute Gasteiger partial charge is 0.332 e. The fourth-order valence-electron chi connectivity index (χ4n) is 3.56. The number of carbonyl (C=O) groups excluding carboxylic acids is 1. The Morgan fingerprint density at radius 2 is 1.63 bits per heavy atom. The van der Waals surface area contributed by atoms with Crippen LogP contribution in [0.2, 0.25) is 0 Å². The molecule has 2 aliphatic carbocycles. The first-order chi connectivity index (χ1) is 9.27. The second-order valence-corrected chi connectivity index (χ2v) is 7.46. The van der Waals surface area contributed by atoms with Gasteiger partial charge in [0.1, 0.15) is 4.88 Å². The lowest BCUT2D eigenvalue weighted by molar-refractivity contribution is 0.0585. The van der Waals surface area contributed by atoms with Gasteiger partial charge in [0.15, 0.2) is 0 Å². The number of hydrogen-bond donors (Lipinski definition) is 0. The number of hydrogen-bond acceptors (Lipinski definition) is 2. The van der Waals surface area contributed by atoms with E-state index in [1.54, 1.807) is 11.3 Å². The number of halogens is 1. The number of nitrogens with zero attached hydrogens (tertiary/aromatic N) is 1. The zero-order valence-corrected chi connectivity index (χ0v) is 13.5. The van der Waals surface area contributed by atoms with Crippen LogP contribution < -0.4 is 0 Å². The van der Waals surface area contributed by atoms with E-state index in [-0.39, 0.29) is 5.91 Å². The van der Waals surface area contributed by atoms with Crippen molar-refractivity contribution in [3.63, 3.8) is 0 Å². The lowest BCUT2D eigenvalue weighted by atomic mass is 10.1. The Hall–Kier alpha value is -0.350. The first-order valence-corrected chi connectivity index (χ1v) is 9.00. The molecule has 0 spiro atoms. The van der Waals surface area contributed by atoms with Crippen molar-refractivity contribution in [2.45, 2.75) is 63.5 Å². The van der Waals surface area contributed by atoms with E-state index in [2.05, 4.69) is 20.8 Å². The molecule has 2 nitrogen and oxygen atoms in total. The van der Waals surface area contributed by atoms with E-state index >= 15 is 0 Å². The Labute approximate surface area is 127 Å². The average molecular weight is 342 g/mol.